The van der Waals surface area contributed by atoms with Crippen LogP contribution < -0.4 is 0 Å². The van der Waals surface area contributed by atoms with Gasteiger partial charge in [0.05, 0.1) is 10.9 Å². The molecule has 2 aliphatic heterocycles. The van der Waals surface area contributed by atoms with E-state index in [1.165, 1.54) is 14.7 Å². The van der Waals surface area contributed by atoms with E-state index >= 15 is 0 Å². The van der Waals surface area contributed by atoms with Crippen LogP contribution in [0.5, 0.6) is 0 Å². The van der Waals surface area contributed by atoms with E-state index in [4.69, 9.17) is 0 Å². The highest BCUT2D eigenvalue weighted by molar-refractivity contribution is 7.89. The molecule has 1 amide bonds. The van der Waals surface area contributed by atoms with Gasteiger partial charge < -0.3 is 4.90 Å². The molecule has 0 aliphatic carbocycles. The van der Waals surface area contributed by atoms with E-state index in [9.17, 15) is 13.2 Å². The Labute approximate surface area is 199 Å². The van der Waals surface area contributed by atoms with Crippen LogP contribution in [0.4, 0.5) is 0 Å². The third kappa shape index (κ3) is 4.25. The van der Waals surface area contributed by atoms with Crippen molar-refractivity contribution >= 4 is 27.3 Å². The molecule has 0 saturated carbocycles. The molecule has 0 bridgehead atoms. The Kier molecular flexibility index (Phi) is 6.12. The fraction of sp³-hybridized carbons (Fsp3) is 0.346. The lowest BCUT2D eigenvalue weighted by Gasteiger charge is -2.40. The minimum Gasteiger partial charge on any atom is -0.331 e. The number of thiophene rings is 1. The first-order valence-electron chi connectivity index (χ1n) is 11.4. The number of rotatable bonds is 4. The van der Waals surface area contributed by atoms with Gasteiger partial charge in [0.15, 0.2) is 0 Å². The van der Waals surface area contributed by atoms with E-state index in [2.05, 4.69) is 23.6 Å². The van der Waals surface area contributed by atoms with Crippen molar-refractivity contribution in [3.63, 3.8) is 0 Å². The van der Waals surface area contributed by atoms with Crippen molar-refractivity contribution in [2.45, 2.75) is 37.1 Å². The minimum atomic E-state index is -3.53. The molecule has 1 aromatic heterocycles. The number of fused-ring (bicyclic) bond motifs is 1. The maximum Gasteiger partial charge on any atom is 0.243 e. The number of sulfonamides is 1. The lowest BCUT2D eigenvalue weighted by atomic mass is 9.89. The predicted molar refractivity (Wildman–Crippen MR) is 131 cm³/mol. The molecule has 1 unspecified atom stereocenters. The number of aryl methyl sites for hydroxylation is 1. The van der Waals surface area contributed by atoms with E-state index in [1.807, 2.05) is 42.2 Å². The molecule has 1 saturated heterocycles. The van der Waals surface area contributed by atoms with Crippen molar-refractivity contribution < 1.29 is 13.2 Å². The Morgan fingerprint density at radius 3 is 2.33 bits per heavy atom. The van der Waals surface area contributed by atoms with Crippen molar-refractivity contribution in [1.29, 1.82) is 0 Å². The number of benzene rings is 2. The van der Waals surface area contributed by atoms with Gasteiger partial charge in [-0.3, -0.25) is 4.79 Å². The van der Waals surface area contributed by atoms with Crippen molar-refractivity contribution in [3.05, 3.63) is 87.6 Å². The maximum absolute atomic E-state index is 13.7. The van der Waals surface area contributed by atoms with Gasteiger partial charge in [0.1, 0.15) is 0 Å². The Bertz CT molecular complexity index is 1230. The van der Waals surface area contributed by atoms with E-state index < -0.39 is 10.0 Å². The van der Waals surface area contributed by atoms with Crippen LogP contribution in [0.2, 0.25) is 0 Å². The molecule has 5 rings (SSSR count). The van der Waals surface area contributed by atoms with Gasteiger partial charge in [-0.2, -0.15) is 4.31 Å². The van der Waals surface area contributed by atoms with Gasteiger partial charge in [-0.25, -0.2) is 8.42 Å². The fourth-order valence-electron chi connectivity index (χ4n) is 4.99. The van der Waals surface area contributed by atoms with E-state index in [0.29, 0.717) is 37.4 Å². The van der Waals surface area contributed by atoms with Gasteiger partial charge in [0.25, 0.3) is 0 Å². The molecule has 0 N–H and O–H groups in total. The van der Waals surface area contributed by atoms with E-state index in [1.54, 1.807) is 23.5 Å². The fourth-order valence-corrected chi connectivity index (χ4v) is 7.36. The summed E-state index contributed by atoms with van der Waals surface area (Å²) in [5.74, 6) is -0.00560. The maximum atomic E-state index is 13.7. The van der Waals surface area contributed by atoms with Crippen LogP contribution in [0.15, 0.2) is 70.9 Å². The average molecular weight is 481 g/mol. The first-order valence-corrected chi connectivity index (χ1v) is 13.8. The largest absolute Gasteiger partial charge is 0.331 e. The number of carbonyl (C=O) groups is 1. The zero-order valence-corrected chi connectivity index (χ0v) is 20.3. The highest BCUT2D eigenvalue weighted by Crippen LogP contribution is 2.39. The number of hydrogen-bond acceptors (Lipinski definition) is 4. The molecule has 7 heteroatoms. The molecule has 3 heterocycles. The normalized spacial score (nSPS) is 19.9. The second kappa shape index (κ2) is 9.05. The Balaban J connectivity index is 1.33. The number of piperidine rings is 1. The molecular formula is C26H28N2O3S2. The zero-order valence-electron chi connectivity index (χ0n) is 18.7. The molecule has 172 valence electrons. The summed E-state index contributed by atoms with van der Waals surface area (Å²) in [6.45, 7) is 3.39. The third-order valence-corrected chi connectivity index (χ3v) is 9.74. The first-order chi connectivity index (χ1) is 15.9. The van der Waals surface area contributed by atoms with Crippen molar-refractivity contribution in [2.75, 3.05) is 19.6 Å². The Morgan fingerprint density at radius 2 is 1.64 bits per heavy atom. The smallest absolute Gasteiger partial charge is 0.243 e. The summed E-state index contributed by atoms with van der Waals surface area (Å²) in [4.78, 5) is 17.4. The number of nitrogens with zero attached hydrogens (tertiary/aromatic N) is 2. The third-order valence-electron chi connectivity index (χ3n) is 6.83. The summed E-state index contributed by atoms with van der Waals surface area (Å²) in [7, 11) is -3.53. The van der Waals surface area contributed by atoms with Crippen molar-refractivity contribution in [2.24, 2.45) is 5.92 Å². The van der Waals surface area contributed by atoms with Crippen LogP contribution in [0, 0.1) is 12.8 Å². The molecule has 2 aliphatic rings. The van der Waals surface area contributed by atoms with Gasteiger partial charge in [-0.15, -0.1) is 11.3 Å². The molecular weight excluding hydrogens is 452 g/mol. The summed E-state index contributed by atoms with van der Waals surface area (Å²) in [5.41, 5.74) is 3.39. The highest BCUT2D eigenvalue weighted by Gasteiger charge is 2.38. The molecule has 0 spiro atoms. The average Bonchev–Trinajstić information content (AvgIpc) is 3.33. The molecule has 3 aromatic rings. The number of hydrogen-bond donors (Lipinski definition) is 0. The number of carbonyl (C=O) groups excluding carboxylic acids is 1. The molecule has 33 heavy (non-hydrogen) atoms. The lowest BCUT2D eigenvalue weighted by Crippen LogP contribution is -2.47. The van der Waals surface area contributed by atoms with Crippen LogP contribution in [-0.2, 0) is 21.2 Å². The summed E-state index contributed by atoms with van der Waals surface area (Å²) < 4.78 is 27.6. The van der Waals surface area contributed by atoms with Crippen molar-refractivity contribution in [3.8, 4) is 0 Å². The topological polar surface area (TPSA) is 57.7 Å². The molecule has 1 atom stereocenters. The second-order valence-electron chi connectivity index (χ2n) is 8.89. The summed E-state index contributed by atoms with van der Waals surface area (Å²) in [5, 5.41) is 2.11. The van der Waals surface area contributed by atoms with E-state index in [0.717, 1.165) is 17.5 Å². The quantitative estimate of drug-likeness (QED) is 0.547. The first kappa shape index (κ1) is 22.3. The van der Waals surface area contributed by atoms with Gasteiger partial charge in [0, 0.05) is 30.4 Å². The summed E-state index contributed by atoms with van der Waals surface area (Å²) >= 11 is 1.76. The zero-order chi connectivity index (χ0) is 23.0. The van der Waals surface area contributed by atoms with Gasteiger partial charge in [-0.05, 0) is 60.9 Å². The lowest BCUT2D eigenvalue weighted by molar-refractivity contribution is -0.138. The van der Waals surface area contributed by atoms with E-state index in [-0.39, 0.29) is 17.9 Å². The second-order valence-corrected chi connectivity index (χ2v) is 11.8. The van der Waals surface area contributed by atoms with Crippen molar-refractivity contribution in [1.82, 2.24) is 9.21 Å². The number of amides is 1. The summed E-state index contributed by atoms with van der Waals surface area (Å²) in [6.07, 6.45) is 1.99. The molecule has 0 radical (unpaired) electrons. The van der Waals surface area contributed by atoms with Crippen LogP contribution >= 0.6 is 11.3 Å². The monoisotopic (exact) mass is 480 g/mol. The van der Waals surface area contributed by atoms with Crippen LogP contribution in [0.1, 0.15) is 40.5 Å². The van der Waals surface area contributed by atoms with Gasteiger partial charge >= 0.3 is 0 Å². The highest BCUT2D eigenvalue weighted by atomic mass is 32.2. The predicted octanol–water partition coefficient (Wildman–Crippen LogP) is 4.63. The minimum absolute atomic E-state index is 0.0666. The molecule has 5 nitrogen and oxygen atoms in total. The van der Waals surface area contributed by atoms with Crippen LogP contribution in [0.3, 0.4) is 0 Å². The summed E-state index contributed by atoms with van der Waals surface area (Å²) in [6, 6.07) is 19.3. The Morgan fingerprint density at radius 1 is 0.939 bits per heavy atom. The van der Waals surface area contributed by atoms with Crippen LogP contribution in [-0.4, -0.2) is 43.2 Å². The van der Waals surface area contributed by atoms with Gasteiger partial charge in [0.2, 0.25) is 15.9 Å². The van der Waals surface area contributed by atoms with Crippen LogP contribution in [0.25, 0.3) is 0 Å². The molecule has 1 fully saturated rings. The standard InChI is InChI=1S/C26H28N2O3S2/c1-19-7-9-22(10-8-19)33(30,31)27-15-11-21(12-16-27)26(29)28-17-13-24-23(14-18-32-24)25(28)20-5-3-2-4-6-20/h2-10,14,18,21,25H,11-13,15-17H2,1H3. The Hall–Kier alpha value is -2.48. The molecule has 2 aromatic carbocycles. The van der Waals surface area contributed by atoms with Gasteiger partial charge in [-0.1, -0.05) is 48.0 Å². The SMILES string of the molecule is Cc1ccc(S(=O)(=O)N2CCC(C(=O)N3CCc4sccc4C3c3ccccc3)CC2)cc1.